The summed E-state index contributed by atoms with van der Waals surface area (Å²) in [4.78, 5) is 23.0. The van der Waals surface area contributed by atoms with Gasteiger partial charge in [-0.3, -0.25) is 14.9 Å². The maximum Gasteiger partial charge on any atom is 0.282 e. The summed E-state index contributed by atoms with van der Waals surface area (Å²) < 4.78 is 26.9. The maximum atomic E-state index is 12.8. The Kier molecular flexibility index (Phi) is 6.29. The fraction of sp³-hybridized carbons (Fsp3) is 0.278. The number of anilines is 1. The van der Waals surface area contributed by atoms with E-state index in [0.29, 0.717) is 18.7 Å². The summed E-state index contributed by atoms with van der Waals surface area (Å²) in [5, 5.41) is 13.6. The smallest absolute Gasteiger partial charge is 0.282 e. The predicted molar refractivity (Wildman–Crippen MR) is 102 cm³/mol. The van der Waals surface area contributed by atoms with Gasteiger partial charge in [-0.2, -0.15) is 4.31 Å². The van der Waals surface area contributed by atoms with Crippen molar-refractivity contribution in [2.24, 2.45) is 0 Å². The third-order valence-corrected chi connectivity index (χ3v) is 6.31. The highest BCUT2D eigenvalue weighted by Gasteiger charge is 2.25. The summed E-state index contributed by atoms with van der Waals surface area (Å²) in [5.74, 6) is -0.683. The van der Waals surface area contributed by atoms with Gasteiger partial charge in [0.25, 0.3) is 11.6 Å². The Morgan fingerprint density at radius 3 is 2.37 bits per heavy atom. The van der Waals surface area contributed by atoms with Crippen molar-refractivity contribution >= 4 is 27.3 Å². The first kappa shape index (κ1) is 20.5. The molecule has 0 saturated heterocycles. The second-order valence-corrected chi connectivity index (χ2v) is 7.70. The van der Waals surface area contributed by atoms with E-state index in [9.17, 15) is 23.3 Å². The van der Waals surface area contributed by atoms with Crippen molar-refractivity contribution in [3.63, 3.8) is 0 Å². The molecule has 0 fully saturated rings. The van der Waals surface area contributed by atoms with Crippen LogP contribution in [0.1, 0.15) is 29.8 Å². The van der Waals surface area contributed by atoms with Gasteiger partial charge in [0.05, 0.1) is 9.82 Å². The molecule has 0 heterocycles. The summed E-state index contributed by atoms with van der Waals surface area (Å²) in [7, 11) is -3.70. The Morgan fingerprint density at radius 1 is 1.15 bits per heavy atom. The molecule has 8 nitrogen and oxygen atoms in total. The Morgan fingerprint density at radius 2 is 1.78 bits per heavy atom. The molecule has 1 N–H and O–H groups in total. The first-order valence-electron chi connectivity index (χ1n) is 8.37. The van der Waals surface area contributed by atoms with E-state index in [1.54, 1.807) is 32.9 Å². The number of aryl methyl sites for hydroxylation is 1. The van der Waals surface area contributed by atoms with E-state index in [2.05, 4.69) is 5.32 Å². The molecule has 0 aliphatic carbocycles. The SMILES string of the molecule is CCN(CC)S(=O)(=O)c1cc(NC(=O)c2ccccc2[N+](=O)[O-])ccc1C. The molecule has 2 rings (SSSR count). The van der Waals surface area contributed by atoms with Crippen LogP contribution in [0.25, 0.3) is 0 Å². The first-order chi connectivity index (χ1) is 12.7. The predicted octanol–water partition coefficient (Wildman–Crippen LogP) is 3.19. The van der Waals surface area contributed by atoms with Gasteiger partial charge in [0, 0.05) is 24.8 Å². The molecule has 0 saturated carbocycles. The molecule has 0 aliphatic rings. The third-order valence-electron chi connectivity index (χ3n) is 4.11. The van der Waals surface area contributed by atoms with Crippen LogP contribution in [0.15, 0.2) is 47.4 Å². The van der Waals surface area contributed by atoms with E-state index in [4.69, 9.17) is 0 Å². The number of hydrogen-bond donors (Lipinski definition) is 1. The van der Waals surface area contributed by atoms with Crippen molar-refractivity contribution in [1.82, 2.24) is 4.31 Å². The standard InChI is InChI=1S/C18H21N3O5S/c1-4-20(5-2)27(25,26)17-12-14(11-10-13(17)3)19-18(22)15-8-6-7-9-16(15)21(23)24/h6-12H,4-5H2,1-3H3,(H,19,22). The molecule has 0 radical (unpaired) electrons. The van der Waals surface area contributed by atoms with Gasteiger partial charge in [0.2, 0.25) is 10.0 Å². The highest BCUT2D eigenvalue weighted by molar-refractivity contribution is 7.89. The molecule has 0 aliphatic heterocycles. The number of rotatable bonds is 7. The number of para-hydroxylation sites is 1. The largest absolute Gasteiger partial charge is 0.322 e. The van der Waals surface area contributed by atoms with Crippen LogP contribution in [-0.2, 0) is 10.0 Å². The van der Waals surface area contributed by atoms with Crippen molar-refractivity contribution in [2.75, 3.05) is 18.4 Å². The number of nitrogens with one attached hydrogen (secondary N) is 1. The van der Waals surface area contributed by atoms with Gasteiger partial charge >= 0.3 is 0 Å². The highest BCUT2D eigenvalue weighted by atomic mass is 32.2. The summed E-state index contributed by atoms with van der Waals surface area (Å²) in [6.45, 7) is 5.81. The lowest BCUT2D eigenvalue weighted by atomic mass is 10.1. The number of sulfonamides is 1. The van der Waals surface area contributed by atoms with Crippen molar-refractivity contribution in [1.29, 1.82) is 0 Å². The molecular weight excluding hydrogens is 370 g/mol. The molecule has 1 amide bonds. The molecule has 0 aromatic heterocycles. The molecule has 2 aromatic carbocycles. The molecule has 144 valence electrons. The lowest BCUT2D eigenvalue weighted by molar-refractivity contribution is -0.385. The van der Waals surface area contributed by atoms with Crippen LogP contribution in [0, 0.1) is 17.0 Å². The van der Waals surface area contributed by atoms with E-state index in [1.807, 2.05) is 0 Å². The summed E-state index contributed by atoms with van der Waals surface area (Å²) in [6, 6.07) is 10.1. The maximum absolute atomic E-state index is 12.8. The normalized spacial score (nSPS) is 11.4. The van der Waals surface area contributed by atoms with E-state index in [0.717, 1.165) is 0 Å². The number of nitro groups is 1. The van der Waals surface area contributed by atoms with Gasteiger partial charge in [-0.1, -0.05) is 32.0 Å². The molecule has 2 aromatic rings. The van der Waals surface area contributed by atoms with Gasteiger partial charge in [-0.05, 0) is 30.7 Å². The van der Waals surface area contributed by atoms with Gasteiger partial charge in [-0.15, -0.1) is 0 Å². The van der Waals surface area contributed by atoms with Crippen LogP contribution in [0.4, 0.5) is 11.4 Å². The average molecular weight is 391 g/mol. The van der Waals surface area contributed by atoms with Gasteiger partial charge in [0.1, 0.15) is 5.56 Å². The summed E-state index contributed by atoms with van der Waals surface area (Å²) in [5.41, 5.74) is 0.370. The minimum Gasteiger partial charge on any atom is -0.322 e. The monoisotopic (exact) mass is 391 g/mol. The molecule has 0 spiro atoms. The Hall–Kier alpha value is -2.78. The van der Waals surface area contributed by atoms with Crippen LogP contribution < -0.4 is 5.32 Å². The topological polar surface area (TPSA) is 110 Å². The van der Waals surface area contributed by atoms with Crippen LogP contribution in [-0.4, -0.2) is 36.6 Å². The van der Waals surface area contributed by atoms with Crippen LogP contribution in [0.2, 0.25) is 0 Å². The minimum absolute atomic E-state index is 0.0894. The van der Waals surface area contributed by atoms with Crippen LogP contribution >= 0.6 is 0 Å². The second-order valence-electron chi connectivity index (χ2n) is 5.80. The molecular formula is C18H21N3O5S. The van der Waals surface area contributed by atoms with Crippen LogP contribution in [0.3, 0.4) is 0 Å². The lowest BCUT2D eigenvalue weighted by Gasteiger charge is -2.20. The fourth-order valence-corrected chi connectivity index (χ4v) is 4.39. The van der Waals surface area contributed by atoms with E-state index < -0.39 is 20.9 Å². The number of carbonyl (C=O) groups excluding carboxylic acids is 1. The van der Waals surface area contributed by atoms with Crippen LogP contribution in [0.5, 0.6) is 0 Å². The molecule has 27 heavy (non-hydrogen) atoms. The average Bonchev–Trinajstić information content (AvgIpc) is 2.63. The van der Waals surface area contributed by atoms with Crippen molar-refractivity contribution in [3.05, 3.63) is 63.7 Å². The third kappa shape index (κ3) is 4.32. The van der Waals surface area contributed by atoms with E-state index in [1.165, 1.54) is 34.6 Å². The van der Waals surface area contributed by atoms with Gasteiger partial charge in [0.15, 0.2) is 0 Å². The highest BCUT2D eigenvalue weighted by Crippen LogP contribution is 2.25. The van der Waals surface area contributed by atoms with Crippen molar-refractivity contribution < 1.29 is 18.1 Å². The zero-order valence-corrected chi connectivity index (χ0v) is 16.1. The van der Waals surface area contributed by atoms with E-state index >= 15 is 0 Å². The first-order valence-corrected chi connectivity index (χ1v) is 9.82. The molecule has 0 bridgehead atoms. The molecule has 0 atom stereocenters. The zero-order valence-electron chi connectivity index (χ0n) is 15.3. The van der Waals surface area contributed by atoms with E-state index in [-0.39, 0.29) is 21.8 Å². The van der Waals surface area contributed by atoms with Crippen molar-refractivity contribution in [2.45, 2.75) is 25.7 Å². The fourth-order valence-electron chi connectivity index (χ4n) is 2.68. The lowest BCUT2D eigenvalue weighted by Crippen LogP contribution is -2.31. The Labute approximate surface area is 158 Å². The Balaban J connectivity index is 2.40. The Bertz CT molecular complexity index is 969. The zero-order chi connectivity index (χ0) is 20.2. The number of nitro benzene ring substituents is 1. The molecule has 9 heteroatoms. The molecule has 0 unspecified atom stereocenters. The second kappa shape index (κ2) is 8.28. The number of amides is 1. The number of benzene rings is 2. The minimum atomic E-state index is -3.70. The van der Waals surface area contributed by atoms with Gasteiger partial charge < -0.3 is 5.32 Å². The van der Waals surface area contributed by atoms with Crippen molar-refractivity contribution in [3.8, 4) is 0 Å². The summed E-state index contributed by atoms with van der Waals surface area (Å²) in [6.07, 6.45) is 0. The van der Waals surface area contributed by atoms with Gasteiger partial charge in [-0.25, -0.2) is 8.42 Å². The number of carbonyl (C=O) groups is 1. The summed E-state index contributed by atoms with van der Waals surface area (Å²) >= 11 is 0. The number of nitrogens with zero attached hydrogens (tertiary/aromatic N) is 2. The number of hydrogen-bond acceptors (Lipinski definition) is 5. The quantitative estimate of drug-likeness (QED) is 0.576.